The summed E-state index contributed by atoms with van der Waals surface area (Å²) in [6, 6.07) is 5.43. The Hall–Kier alpha value is -1.75. The van der Waals surface area contributed by atoms with E-state index in [0.717, 1.165) is 18.8 Å². The number of nitrogens with one attached hydrogen (secondary N) is 1. The van der Waals surface area contributed by atoms with Crippen LogP contribution < -0.4 is 16.0 Å². The van der Waals surface area contributed by atoms with E-state index in [1.807, 2.05) is 12.1 Å². The maximum absolute atomic E-state index is 12.2. The van der Waals surface area contributed by atoms with Crippen LogP contribution in [0.4, 0.5) is 11.4 Å². The molecule has 3 N–H and O–H groups in total. The average molecular weight is 265 g/mol. The summed E-state index contributed by atoms with van der Waals surface area (Å²) in [6.07, 6.45) is 0. The molecule has 0 bridgehead atoms. The van der Waals surface area contributed by atoms with Gasteiger partial charge in [-0.3, -0.25) is 4.79 Å². The normalized spacial score (nSPS) is 10.3. The second-order valence-corrected chi connectivity index (χ2v) is 4.20. The molecule has 0 heterocycles. The summed E-state index contributed by atoms with van der Waals surface area (Å²) in [4.78, 5) is 14.3. The predicted molar refractivity (Wildman–Crippen MR) is 78.6 cm³/mol. The smallest absolute Gasteiger partial charge is 0.253 e. The zero-order valence-electron chi connectivity index (χ0n) is 11.9. The molecule has 0 aliphatic heterocycles. The zero-order chi connectivity index (χ0) is 14.3. The largest absolute Gasteiger partial charge is 0.399 e. The Morgan fingerprint density at radius 2 is 2.05 bits per heavy atom. The van der Waals surface area contributed by atoms with Gasteiger partial charge in [0.25, 0.3) is 5.91 Å². The maximum Gasteiger partial charge on any atom is 0.253 e. The molecule has 0 fully saturated rings. The van der Waals surface area contributed by atoms with Crippen molar-refractivity contribution in [1.82, 2.24) is 5.32 Å². The minimum Gasteiger partial charge on any atom is -0.399 e. The third-order valence-electron chi connectivity index (χ3n) is 2.96. The minimum atomic E-state index is -0.119. The van der Waals surface area contributed by atoms with E-state index in [1.165, 1.54) is 0 Å². The predicted octanol–water partition coefficient (Wildman–Crippen LogP) is 1.49. The first kappa shape index (κ1) is 15.3. The summed E-state index contributed by atoms with van der Waals surface area (Å²) in [5.41, 5.74) is 7.89. The molecule has 0 atom stereocenters. The molecule has 1 amide bonds. The summed E-state index contributed by atoms with van der Waals surface area (Å²) in [5.74, 6) is -0.119. The van der Waals surface area contributed by atoms with E-state index >= 15 is 0 Å². The Morgan fingerprint density at radius 1 is 1.37 bits per heavy atom. The summed E-state index contributed by atoms with van der Waals surface area (Å²) in [6.45, 7) is 6.80. The topological polar surface area (TPSA) is 67.6 Å². The van der Waals surface area contributed by atoms with Gasteiger partial charge in [0.15, 0.2) is 0 Å². The third kappa shape index (κ3) is 4.13. The van der Waals surface area contributed by atoms with Crippen molar-refractivity contribution in [3.63, 3.8) is 0 Å². The van der Waals surface area contributed by atoms with Gasteiger partial charge in [-0.1, -0.05) is 0 Å². The number of nitrogens with zero attached hydrogens (tertiary/aromatic N) is 1. The molecule has 0 saturated heterocycles. The van der Waals surface area contributed by atoms with Gasteiger partial charge in [-0.05, 0) is 32.0 Å². The number of benzene rings is 1. The van der Waals surface area contributed by atoms with Gasteiger partial charge in [-0.15, -0.1) is 0 Å². The van der Waals surface area contributed by atoms with E-state index < -0.39 is 0 Å². The van der Waals surface area contributed by atoms with Gasteiger partial charge < -0.3 is 20.7 Å². The number of methoxy groups -OCH3 is 1. The molecule has 1 rings (SSSR count). The van der Waals surface area contributed by atoms with Gasteiger partial charge in [0.2, 0.25) is 0 Å². The SMILES string of the molecule is CCN(CC)c1ccc(N)cc1C(=O)NCCOC. The van der Waals surface area contributed by atoms with Gasteiger partial charge in [0, 0.05) is 38.1 Å². The number of amides is 1. The van der Waals surface area contributed by atoms with Crippen LogP contribution in [0.1, 0.15) is 24.2 Å². The van der Waals surface area contributed by atoms with Gasteiger partial charge in [-0.25, -0.2) is 0 Å². The van der Waals surface area contributed by atoms with Crippen molar-refractivity contribution in [2.24, 2.45) is 0 Å². The standard InChI is InChI=1S/C14H23N3O2/c1-4-17(5-2)13-7-6-11(15)10-12(13)14(18)16-8-9-19-3/h6-7,10H,4-5,8-9,15H2,1-3H3,(H,16,18). The fourth-order valence-corrected chi connectivity index (χ4v) is 1.94. The van der Waals surface area contributed by atoms with Crippen LogP contribution in [0.3, 0.4) is 0 Å². The number of carbonyl (C=O) groups excluding carboxylic acids is 1. The second kappa shape index (κ2) is 7.63. The van der Waals surface area contributed by atoms with E-state index in [-0.39, 0.29) is 5.91 Å². The Balaban J connectivity index is 2.96. The first-order chi connectivity index (χ1) is 9.13. The number of rotatable bonds is 7. The Morgan fingerprint density at radius 3 is 2.63 bits per heavy atom. The van der Waals surface area contributed by atoms with Crippen LogP contribution in [-0.2, 0) is 4.74 Å². The molecule has 0 aromatic heterocycles. The molecule has 0 aliphatic carbocycles. The number of ether oxygens (including phenoxy) is 1. The molecule has 19 heavy (non-hydrogen) atoms. The molecular weight excluding hydrogens is 242 g/mol. The quantitative estimate of drug-likeness (QED) is 0.579. The van der Waals surface area contributed by atoms with Crippen LogP contribution in [0.5, 0.6) is 0 Å². The highest BCUT2D eigenvalue weighted by Crippen LogP contribution is 2.23. The van der Waals surface area contributed by atoms with Gasteiger partial charge in [0.1, 0.15) is 0 Å². The van der Waals surface area contributed by atoms with Crippen LogP contribution in [0.15, 0.2) is 18.2 Å². The Bertz CT molecular complexity index is 417. The van der Waals surface area contributed by atoms with Crippen LogP contribution >= 0.6 is 0 Å². The molecular formula is C14H23N3O2. The van der Waals surface area contributed by atoms with Crippen molar-refractivity contribution < 1.29 is 9.53 Å². The Kier molecular flexibility index (Phi) is 6.15. The van der Waals surface area contributed by atoms with Crippen molar-refractivity contribution in [2.45, 2.75) is 13.8 Å². The summed E-state index contributed by atoms with van der Waals surface area (Å²) >= 11 is 0. The highest BCUT2D eigenvalue weighted by atomic mass is 16.5. The van der Waals surface area contributed by atoms with Gasteiger partial charge >= 0.3 is 0 Å². The minimum absolute atomic E-state index is 0.119. The van der Waals surface area contributed by atoms with Crippen LogP contribution in [-0.4, -0.2) is 39.3 Å². The lowest BCUT2D eigenvalue weighted by atomic mass is 10.1. The molecule has 0 saturated carbocycles. The monoisotopic (exact) mass is 265 g/mol. The molecule has 106 valence electrons. The average Bonchev–Trinajstić information content (AvgIpc) is 2.41. The van der Waals surface area contributed by atoms with Crippen LogP contribution in [0.25, 0.3) is 0 Å². The summed E-state index contributed by atoms with van der Waals surface area (Å²) in [5, 5.41) is 2.82. The van der Waals surface area contributed by atoms with Crippen LogP contribution in [0, 0.1) is 0 Å². The van der Waals surface area contributed by atoms with E-state index in [2.05, 4.69) is 24.1 Å². The second-order valence-electron chi connectivity index (χ2n) is 4.20. The van der Waals surface area contributed by atoms with Gasteiger partial charge in [-0.2, -0.15) is 0 Å². The molecule has 0 aliphatic rings. The van der Waals surface area contributed by atoms with Crippen molar-refractivity contribution in [1.29, 1.82) is 0 Å². The van der Waals surface area contributed by atoms with Gasteiger partial charge in [0.05, 0.1) is 12.2 Å². The molecule has 5 heteroatoms. The molecule has 1 aromatic rings. The van der Waals surface area contributed by atoms with Crippen molar-refractivity contribution in [3.05, 3.63) is 23.8 Å². The van der Waals surface area contributed by atoms with E-state index in [1.54, 1.807) is 13.2 Å². The van der Waals surface area contributed by atoms with Crippen LogP contribution in [0.2, 0.25) is 0 Å². The van der Waals surface area contributed by atoms with Crippen molar-refractivity contribution in [3.8, 4) is 0 Å². The first-order valence-electron chi connectivity index (χ1n) is 6.55. The van der Waals surface area contributed by atoms with E-state index in [4.69, 9.17) is 10.5 Å². The fraction of sp³-hybridized carbons (Fsp3) is 0.500. The van der Waals surface area contributed by atoms with Crippen molar-refractivity contribution >= 4 is 17.3 Å². The number of nitrogen functional groups attached to an aromatic ring is 1. The molecule has 0 unspecified atom stereocenters. The number of carbonyl (C=O) groups is 1. The lowest BCUT2D eigenvalue weighted by Crippen LogP contribution is -2.30. The number of nitrogens with two attached hydrogens (primary N) is 1. The highest BCUT2D eigenvalue weighted by molar-refractivity contribution is 6.00. The summed E-state index contributed by atoms with van der Waals surface area (Å²) < 4.78 is 4.92. The molecule has 5 nitrogen and oxygen atoms in total. The fourth-order valence-electron chi connectivity index (χ4n) is 1.94. The van der Waals surface area contributed by atoms with E-state index in [9.17, 15) is 4.79 Å². The molecule has 1 aromatic carbocycles. The Labute approximate surface area is 114 Å². The number of hydrogen-bond acceptors (Lipinski definition) is 4. The maximum atomic E-state index is 12.2. The zero-order valence-corrected chi connectivity index (χ0v) is 11.9. The molecule has 0 radical (unpaired) electrons. The number of hydrogen-bond donors (Lipinski definition) is 2. The van der Waals surface area contributed by atoms with E-state index in [0.29, 0.717) is 24.4 Å². The number of anilines is 2. The third-order valence-corrected chi connectivity index (χ3v) is 2.96. The highest BCUT2D eigenvalue weighted by Gasteiger charge is 2.15. The molecule has 0 spiro atoms. The first-order valence-corrected chi connectivity index (χ1v) is 6.55. The lowest BCUT2D eigenvalue weighted by Gasteiger charge is -2.24. The lowest BCUT2D eigenvalue weighted by molar-refractivity contribution is 0.0937. The summed E-state index contributed by atoms with van der Waals surface area (Å²) in [7, 11) is 1.61. The van der Waals surface area contributed by atoms with Crippen molar-refractivity contribution in [2.75, 3.05) is 44.0 Å².